The van der Waals surface area contributed by atoms with Crippen molar-refractivity contribution < 1.29 is 19.1 Å². The van der Waals surface area contributed by atoms with E-state index in [1.807, 2.05) is 60.7 Å². The minimum atomic E-state index is -1.11. The Labute approximate surface area is 144 Å². The molecule has 1 amide bonds. The summed E-state index contributed by atoms with van der Waals surface area (Å²) >= 11 is 0. The van der Waals surface area contributed by atoms with Crippen LogP contribution < -0.4 is 5.32 Å². The van der Waals surface area contributed by atoms with Crippen LogP contribution in [0, 0.1) is 0 Å². The third-order valence-electron chi connectivity index (χ3n) is 3.80. The zero-order valence-electron chi connectivity index (χ0n) is 13.4. The molecule has 3 aromatic rings. The highest BCUT2D eigenvalue weighted by Gasteiger charge is 2.21. The first-order valence-electron chi connectivity index (χ1n) is 7.85. The van der Waals surface area contributed by atoms with E-state index in [4.69, 9.17) is 9.52 Å². The molecule has 1 aromatic heterocycles. The van der Waals surface area contributed by atoms with Crippen LogP contribution in [-0.2, 0) is 4.79 Å². The molecule has 0 saturated heterocycles. The Morgan fingerprint density at radius 3 is 1.96 bits per heavy atom. The smallest absolute Gasteiger partial charge is 0.322 e. The molecule has 3 rings (SSSR count). The third kappa shape index (κ3) is 3.95. The fraction of sp³-hybridized carbons (Fsp3) is 0.100. The SMILES string of the molecule is O=C(O)CNC(=O)c1ccc(C(c2ccccc2)c2ccccc2)o1. The van der Waals surface area contributed by atoms with Crippen LogP contribution in [0.15, 0.2) is 77.2 Å². The molecule has 2 aromatic carbocycles. The predicted molar refractivity (Wildman–Crippen MR) is 92.5 cm³/mol. The average molecular weight is 335 g/mol. The van der Waals surface area contributed by atoms with Crippen molar-refractivity contribution >= 4 is 11.9 Å². The van der Waals surface area contributed by atoms with E-state index in [9.17, 15) is 9.59 Å². The summed E-state index contributed by atoms with van der Waals surface area (Å²) in [4.78, 5) is 22.6. The number of carbonyl (C=O) groups excluding carboxylic acids is 1. The van der Waals surface area contributed by atoms with E-state index in [1.54, 1.807) is 12.1 Å². The maximum Gasteiger partial charge on any atom is 0.322 e. The van der Waals surface area contributed by atoms with Gasteiger partial charge in [-0.05, 0) is 23.3 Å². The molecule has 2 N–H and O–H groups in total. The first-order chi connectivity index (χ1) is 12.1. The summed E-state index contributed by atoms with van der Waals surface area (Å²) in [5.41, 5.74) is 2.08. The summed E-state index contributed by atoms with van der Waals surface area (Å²) in [7, 11) is 0. The molecule has 0 spiro atoms. The van der Waals surface area contributed by atoms with E-state index in [-0.39, 0.29) is 11.7 Å². The van der Waals surface area contributed by atoms with Crippen molar-refractivity contribution in [2.24, 2.45) is 0 Å². The Morgan fingerprint density at radius 1 is 0.880 bits per heavy atom. The van der Waals surface area contributed by atoms with E-state index in [0.717, 1.165) is 11.1 Å². The van der Waals surface area contributed by atoms with Crippen LogP contribution in [0.25, 0.3) is 0 Å². The number of rotatable bonds is 6. The van der Waals surface area contributed by atoms with E-state index in [0.29, 0.717) is 5.76 Å². The van der Waals surface area contributed by atoms with Crippen molar-refractivity contribution in [2.75, 3.05) is 6.54 Å². The number of benzene rings is 2. The lowest BCUT2D eigenvalue weighted by Gasteiger charge is -2.15. The van der Waals surface area contributed by atoms with Gasteiger partial charge in [0.1, 0.15) is 12.3 Å². The van der Waals surface area contributed by atoms with Crippen LogP contribution in [0.5, 0.6) is 0 Å². The summed E-state index contributed by atoms with van der Waals surface area (Å²) in [6.07, 6.45) is 0. The van der Waals surface area contributed by atoms with Gasteiger partial charge in [-0.1, -0.05) is 60.7 Å². The quantitative estimate of drug-likeness (QED) is 0.724. The first kappa shape index (κ1) is 16.5. The summed E-state index contributed by atoms with van der Waals surface area (Å²) in [6, 6.07) is 23.0. The second-order valence-corrected chi connectivity index (χ2v) is 5.53. The topological polar surface area (TPSA) is 79.5 Å². The predicted octanol–water partition coefficient (Wildman–Crippen LogP) is 3.27. The van der Waals surface area contributed by atoms with E-state index in [2.05, 4.69) is 5.32 Å². The van der Waals surface area contributed by atoms with Gasteiger partial charge < -0.3 is 14.8 Å². The number of hydrogen-bond donors (Lipinski definition) is 2. The fourth-order valence-corrected chi connectivity index (χ4v) is 2.68. The zero-order valence-corrected chi connectivity index (χ0v) is 13.4. The fourth-order valence-electron chi connectivity index (χ4n) is 2.68. The monoisotopic (exact) mass is 335 g/mol. The van der Waals surface area contributed by atoms with Crippen molar-refractivity contribution in [2.45, 2.75) is 5.92 Å². The molecule has 5 nitrogen and oxygen atoms in total. The summed E-state index contributed by atoms with van der Waals surface area (Å²) < 4.78 is 5.74. The minimum absolute atomic E-state index is 0.0908. The molecule has 0 radical (unpaired) electrons. The number of amides is 1. The van der Waals surface area contributed by atoms with Crippen molar-refractivity contribution in [3.8, 4) is 0 Å². The van der Waals surface area contributed by atoms with E-state index < -0.39 is 18.4 Å². The normalized spacial score (nSPS) is 10.6. The molecule has 0 aliphatic carbocycles. The standard InChI is InChI=1S/C20H17NO4/c22-18(23)13-21-20(24)17-12-11-16(25-17)19(14-7-3-1-4-8-14)15-9-5-2-6-10-15/h1-12,19H,13H2,(H,21,24)(H,22,23). The number of aliphatic carboxylic acids is 1. The van der Waals surface area contributed by atoms with Crippen molar-refractivity contribution in [1.29, 1.82) is 0 Å². The van der Waals surface area contributed by atoms with Gasteiger partial charge in [0.15, 0.2) is 5.76 Å². The molecule has 126 valence electrons. The van der Waals surface area contributed by atoms with Gasteiger partial charge in [-0.3, -0.25) is 9.59 Å². The Kier molecular flexibility index (Phi) is 4.95. The molecule has 0 saturated carbocycles. The molecule has 5 heteroatoms. The zero-order chi connectivity index (χ0) is 17.6. The minimum Gasteiger partial charge on any atom is -0.480 e. The highest BCUT2D eigenvalue weighted by molar-refractivity contribution is 5.93. The van der Waals surface area contributed by atoms with Crippen LogP contribution >= 0.6 is 0 Å². The Hall–Kier alpha value is -3.34. The Balaban J connectivity index is 1.93. The van der Waals surface area contributed by atoms with Crippen LogP contribution in [0.2, 0.25) is 0 Å². The number of carboxylic acid groups (broad SMARTS) is 1. The van der Waals surface area contributed by atoms with Gasteiger partial charge >= 0.3 is 5.97 Å². The van der Waals surface area contributed by atoms with Crippen molar-refractivity contribution in [1.82, 2.24) is 5.32 Å². The van der Waals surface area contributed by atoms with Gasteiger partial charge in [0.05, 0.1) is 5.92 Å². The van der Waals surface area contributed by atoms with Gasteiger partial charge in [0.25, 0.3) is 5.91 Å². The van der Waals surface area contributed by atoms with Gasteiger partial charge in [0, 0.05) is 0 Å². The highest BCUT2D eigenvalue weighted by atomic mass is 16.4. The molecule has 25 heavy (non-hydrogen) atoms. The number of hydrogen-bond acceptors (Lipinski definition) is 3. The maximum atomic E-state index is 12.0. The van der Waals surface area contributed by atoms with Crippen molar-refractivity contribution in [3.63, 3.8) is 0 Å². The van der Waals surface area contributed by atoms with Crippen LogP contribution in [0.3, 0.4) is 0 Å². The van der Waals surface area contributed by atoms with Crippen LogP contribution in [0.4, 0.5) is 0 Å². The molecule has 1 heterocycles. The lowest BCUT2D eigenvalue weighted by Crippen LogP contribution is -2.28. The number of carboxylic acids is 1. The Morgan fingerprint density at radius 2 is 1.44 bits per heavy atom. The lowest BCUT2D eigenvalue weighted by atomic mass is 9.89. The van der Waals surface area contributed by atoms with Crippen molar-refractivity contribution in [3.05, 3.63) is 95.4 Å². The van der Waals surface area contributed by atoms with E-state index >= 15 is 0 Å². The van der Waals surface area contributed by atoms with Gasteiger partial charge in [0.2, 0.25) is 0 Å². The number of carbonyl (C=O) groups is 2. The maximum absolute atomic E-state index is 12.0. The largest absolute Gasteiger partial charge is 0.480 e. The van der Waals surface area contributed by atoms with Crippen LogP contribution in [0.1, 0.15) is 33.4 Å². The summed E-state index contributed by atoms with van der Waals surface area (Å²) in [6.45, 7) is -0.449. The number of furan rings is 1. The molecule has 0 aliphatic rings. The molecule has 0 aliphatic heterocycles. The average Bonchev–Trinajstić information content (AvgIpc) is 3.11. The summed E-state index contributed by atoms with van der Waals surface area (Å²) in [5.74, 6) is -1.09. The summed E-state index contributed by atoms with van der Waals surface area (Å²) in [5, 5.41) is 11.0. The van der Waals surface area contributed by atoms with Gasteiger partial charge in [-0.15, -0.1) is 0 Å². The van der Waals surface area contributed by atoms with Crippen LogP contribution in [-0.4, -0.2) is 23.5 Å². The molecule has 0 fully saturated rings. The number of nitrogens with one attached hydrogen (secondary N) is 1. The molecule has 0 bridgehead atoms. The van der Waals surface area contributed by atoms with Gasteiger partial charge in [-0.2, -0.15) is 0 Å². The van der Waals surface area contributed by atoms with Gasteiger partial charge in [-0.25, -0.2) is 0 Å². The Bertz CT molecular complexity index is 816. The molecular formula is C20H17NO4. The van der Waals surface area contributed by atoms with E-state index in [1.165, 1.54) is 0 Å². The first-order valence-corrected chi connectivity index (χ1v) is 7.85. The second kappa shape index (κ2) is 7.49. The molecule has 0 unspecified atom stereocenters. The highest BCUT2D eigenvalue weighted by Crippen LogP contribution is 2.32. The second-order valence-electron chi connectivity index (χ2n) is 5.53. The lowest BCUT2D eigenvalue weighted by molar-refractivity contribution is -0.135. The molecule has 0 atom stereocenters. The third-order valence-corrected chi connectivity index (χ3v) is 3.80. The molecular weight excluding hydrogens is 318 g/mol.